The predicted molar refractivity (Wildman–Crippen MR) is 69.8 cm³/mol. The second kappa shape index (κ2) is 8.17. The van der Waals surface area contributed by atoms with Crippen LogP contribution in [0.2, 0.25) is 0 Å². The average Bonchev–Trinajstić information content (AvgIpc) is 2.33. The van der Waals surface area contributed by atoms with E-state index in [-0.39, 0.29) is 0 Å². The Morgan fingerprint density at radius 1 is 1.47 bits per heavy atom. The molecular weight excluding hydrogens is 214 g/mol. The van der Waals surface area contributed by atoms with E-state index in [0.717, 1.165) is 37.3 Å². The second-order valence-electron chi connectivity index (χ2n) is 4.23. The number of rotatable bonds is 8. The summed E-state index contributed by atoms with van der Waals surface area (Å²) in [5, 5.41) is 3.46. The Kier molecular flexibility index (Phi) is 6.77. The normalized spacial score (nSPS) is 12.6. The molecule has 0 spiro atoms. The van der Waals surface area contributed by atoms with Crippen molar-refractivity contribution in [2.75, 3.05) is 20.3 Å². The van der Waals surface area contributed by atoms with Gasteiger partial charge in [-0.05, 0) is 38.4 Å². The van der Waals surface area contributed by atoms with Gasteiger partial charge in [0.25, 0.3) is 0 Å². The van der Waals surface area contributed by atoms with Crippen molar-refractivity contribution in [3.63, 3.8) is 0 Å². The number of nitrogens with one attached hydrogen (secondary N) is 1. The molecule has 1 aromatic rings. The lowest BCUT2D eigenvalue weighted by molar-refractivity contribution is 0.161. The summed E-state index contributed by atoms with van der Waals surface area (Å²) in [5.41, 5.74) is 7.64. The van der Waals surface area contributed by atoms with Gasteiger partial charge < -0.3 is 15.8 Å². The highest BCUT2D eigenvalue weighted by Gasteiger charge is 2.07. The fraction of sp³-hybridized carbons (Fsp3) is 0.615. The van der Waals surface area contributed by atoms with Crippen LogP contribution in [0.5, 0.6) is 0 Å². The summed E-state index contributed by atoms with van der Waals surface area (Å²) < 4.78 is 5.19. The van der Waals surface area contributed by atoms with Crippen molar-refractivity contribution in [1.29, 1.82) is 0 Å². The number of hydrogen-bond acceptors (Lipinski definition) is 4. The minimum absolute atomic E-state index is 0.353. The van der Waals surface area contributed by atoms with Crippen molar-refractivity contribution in [2.24, 2.45) is 5.73 Å². The van der Waals surface area contributed by atoms with E-state index in [1.807, 2.05) is 25.1 Å². The zero-order valence-electron chi connectivity index (χ0n) is 10.8. The third-order valence-corrected chi connectivity index (χ3v) is 2.64. The number of ether oxygens (including phenoxy) is 1. The van der Waals surface area contributed by atoms with E-state index in [2.05, 4.69) is 10.3 Å². The molecule has 0 aromatic carbocycles. The molecule has 0 radical (unpaired) electrons. The summed E-state index contributed by atoms with van der Waals surface area (Å²) in [7, 11) is 1.72. The number of pyridine rings is 1. The fourth-order valence-corrected chi connectivity index (χ4v) is 1.76. The highest BCUT2D eigenvalue weighted by atomic mass is 16.5. The van der Waals surface area contributed by atoms with Crippen molar-refractivity contribution in [3.05, 3.63) is 29.6 Å². The summed E-state index contributed by atoms with van der Waals surface area (Å²) in [6, 6.07) is 6.42. The molecule has 17 heavy (non-hydrogen) atoms. The molecule has 3 N–H and O–H groups in total. The zero-order valence-corrected chi connectivity index (χ0v) is 10.8. The van der Waals surface area contributed by atoms with E-state index >= 15 is 0 Å². The van der Waals surface area contributed by atoms with Crippen molar-refractivity contribution >= 4 is 0 Å². The van der Waals surface area contributed by atoms with Crippen LogP contribution in [0.15, 0.2) is 18.2 Å². The van der Waals surface area contributed by atoms with Crippen molar-refractivity contribution < 1.29 is 4.74 Å². The first-order chi connectivity index (χ1) is 8.26. The Labute approximate surface area is 104 Å². The van der Waals surface area contributed by atoms with Gasteiger partial charge in [-0.3, -0.25) is 4.98 Å². The summed E-state index contributed by atoms with van der Waals surface area (Å²) >= 11 is 0. The van der Waals surface area contributed by atoms with Gasteiger partial charge in [-0.25, -0.2) is 0 Å². The number of aryl methyl sites for hydroxylation is 1. The lowest BCUT2D eigenvalue weighted by atomic mass is 10.1. The number of nitrogens with zero attached hydrogens (tertiary/aromatic N) is 1. The topological polar surface area (TPSA) is 60.2 Å². The predicted octanol–water partition coefficient (Wildman–Crippen LogP) is 1.23. The van der Waals surface area contributed by atoms with Crippen LogP contribution in [0.3, 0.4) is 0 Å². The molecule has 4 nitrogen and oxygen atoms in total. The van der Waals surface area contributed by atoms with E-state index in [4.69, 9.17) is 10.5 Å². The van der Waals surface area contributed by atoms with Crippen LogP contribution >= 0.6 is 0 Å². The molecule has 0 amide bonds. The van der Waals surface area contributed by atoms with Gasteiger partial charge in [0.05, 0.1) is 12.3 Å². The largest absolute Gasteiger partial charge is 0.383 e. The van der Waals surface area contributed by atoms with Crippen molar-refractivity contribution in [1.82, 2.24) is 10.3 Å². The van der Waals surface area contributed by atoms with Gasteiger partial charge in [0.2, 0.25) is 0 Å². The molecule has 1 heterocycles. The quantitative estimate of drug-likeness (QED) is 0.714. The summed E-state index contributed by atoms with van der Waals surface area (Å²) in [4.78, 5) is 4.46. The third-order valence-electron chi connectivity index (χ3n) is 2.64. The van der Waals surface area contributed by atoms with Gasteiger partial charge in [0.1, 0.15) is 0 Å². The second-order valence-corrected chi connectivity index (χ2v) is 4.23. The Hall–Kier alpha value is -0.970. The molecule has 1 unspecified atom stereocenters. The van der Waals surface area contributed by atoms with E-state index < -0.39 is 0 Å². The third kappa shape index (κ3) is 5.77. The van der Waals surface area contributed by atoms with Gasteiger partial charge in [-0.15, -0.1) is 0 Å². The fourth-order valence-electron chi connectivity index (χ4n) is 1.76. The van der Waals surface area contributed by atoms with E-state index in [1.54, 1.807) is 7.11 Å². The molecule has 4 heteroatoms. The van der Waals surface area contributed by atoms with Crippen molar-refractivity contribution in [3.8, 4) is 0 Å². The molecule has 0 aliphatic heterocycles. The highest BCUT2D eigenvalue weighted by molar-refractivity contribution is 5.09. The summed E-state index contributed by atoms with van der Waals surface area (Å²) in [6.45, 7) is 4.22. The number of hydrogen-bond donors (Lipinski definition) is 2. The first-order valence-corrected chi connectivity index (χ1v) is 6.11. The molecule has 0 saturated carbocycles. The Balaban J connectivity index is 2.39. The van der Waals surface area contributed by atoms with Crippen LogP contribution in [0.4, 0.5) is 0 Å². The lowest BCUT2D eigenvalue weighted by Gasteiger charge is -2.17. The molecule has 0 aliphatic rings. The van der Waals surface area contributed by atoms with Gasteiger partial charge >= 0.3 is 0 Å². The van der Waals surface area contributed by atoms with Gasteiger partial charge in [0.15, 0.2) is 0 Å². The molecular formula is C13H23N3O. The highest BCUT2D eigenvalue weighted by Crippen LogP contribution is 2.01. The maximum absolute atomic E-state index is 5.52. The smallest absolute Gasteiger partial charge is 0.0615 e. The Bertz CT molecular complexity index is 317. The van der Waals surface area contributed by atoms with Crippen LogP contribution < -0.4 is 11.1 Å². The van der Waals surface area contributed by atoms with Crippen LogP contribution in [0.25, 0.3) is 0 Å². The summed E-state index contributed by atoms with van der Waals surface area (Å²) in [6.07, 6.45) is 2.05. The molecule has 0 saturated heterocycles. The molecule has 1 rings (SSSR count). The van der Waals surface area contributed by atoms with Crippen LogP contribution in [0, 0.1) is 6.92 Å². The molecule has 0 fully saturated rings. The van der Waals surface area contributed by atoms with Crippen LogP contribution in [-0.4, -0.2) is 31.3 Å². The first kappa shape index (κ1) is 14.1. The molecule has 1 aromatic heterocycles. The molecule has 0 aliphatic carbocycles. The van der Waals surface area contributed by atoms with Crippen LogP contribution in [0.1, 0.15) is 24.2 Å². The van der Waals surface area contributed by atoms with Crippen molar-refractivity contribution in [2.45, 2.75) is 32.4 Å². The molecule has 0 bridgehead atoms. The minimum Gasteiger partial charge on any atom is -0.383 e. The van der Waals surface area contributed by atoms with Gasteiger partial charge in [-0.2, -0.15) is 0 Å². The van der Waals surface area contributed by atoms with Crippen LogP contribution in [-0.2, 0) is 11.3 Å². The van der Waals surface area contributed by atoms with Gasteiger partial charge in [0, 0.05) is 25.4 Å². The number of methoxy groups -OCH3 is 1. The maximum Gasteiger partial charge on any atom is 0.0615 e. The number of aromatic nitrogens is 1. The zero-order chi connectivity index (χ0) is 12.5. The van der Waals surface area contributed by atoms with E-state index in [0.29, 0.717) is 12.6 Å². The standard InChI is InChI=1S/C13H23N3O/c1-11-5-3-6-12(16-11)9-15-13(10-17-2)7-4-8-14/h3,5-6,13,15H,4,7-10,14H2,1-2H3. The lowest BCUT2D eigenvalue weighted by Crippen LogP contribution is -2.33. The first-order valence-electron chi connectivity index (χ1n) is 6.11. The number of nitrogens with two attached hydrogens (primary N) is 1. The van der Waals surface area contributed by atoms with E-state index in [9.17, 15) is 0 Å². The maximum atomic E-state index is 5.52. The van der Waals surface area contributed by atoms with Gasteiger partial charge in [-0.1, -0.05) is 6.07 Å². The minimum atomic E-state index is 0.353. The average molecular weight is 237 g/mol. The molecule has 1 atom stereocenters. The summed E-state index contributed by atoms with van der Waals surface area (Å²) in [5.74, 6) is 0. The SMILES string of the molecule is COCC(CCCN)NCc1cccc(C)n1. The van der Waals surface area contributed by atoms with E-state index in [1.165, 1.54) is 0 Å². The monoisotopic (exact) mass is 237 g/mol. The molecule has 96 valence electrons. The Morgan fingerprint density at radius 3 is 2.94 bits per heavy atom. The Morgan fingerprint density at radius 2 is 2.29 bits per heavy atom.